The Kier molecular flexibility index (Phi) is 6.72. The van der Waals surface area contributed by atoms with E-state index in [2.05, 4.69) is 25.8 Å². The number of halogens is 1. The summed E-state index contributed by atoms with van der Waals surface area (Å²) in [6.07, 6.45) is 1.79. The third-order valence-electron chi connectivity index (χ3n) is 5.24. The second-order valence-electron chi connectivity index (χ2n) is 7.23. The Labute approximate surface area is 190 Å². The molecular formula is C24H24BrN3O3. The lowest BCUT2D eigenvalue weighted by atomic mass is 10.1. The van der Waals surface area contributed by atoms with Crippen molar-refractivity contribution in [1.29, 1.82) is 0 Å². The first kappa shape index (κ1) is 21.2. The first-order valence-electron chi connectivity index (χ1n) is 10.1. The van der Waals surface area contributed by atoms with Crippen molar-refractivity contribution < 1.29 is 14.3 Å². The summed E-state index contributed by atoms with van der Waals surface area (Å²) in [6, 6.07) is 19.3. The Balaban J connectivity index is 1.44. The van der Waals surface area contributed by atoms with E-state index in [-0.39, 0.29) is 5.91 Å². The number of nitrogens with zero attached hydrogens (tertiary/aromatic N) is 3. The van der Waals surface area contributed by atoms with Gasteiger partial charge in [0.2, 0.25) is 0 Å². The van der Waals surface area contributed by atoms with E-state index in [4.69, 9.17) is 9.47 Å². The van der Waals surface area contributed by atoms with Crippen LogP contribution in [0, 0.1) is 0 Å². The Hall–Kier alpha value is -3.06. The second-order valence-corrected chi connectivity index (χ2v) is 8.09. The zero-order valence-corrected chi connectivity index (χ0v) is 18.9. The average Bonchev–Trinajstić information content (AvgIpc) is 2.83. The van der Waals surface area contributed by atoms with Crippen molar-refractivity contribution in [3.63, 3.8) is 0 Å². The van der Waals surface area contributed by atoms with Crippen LogP contribution < -0.4 is 14.4 Å². The molecule has 0 atom stereocenters. The number of carbonyl (C=O) groups excluding carboxylic acids is 1. The molecule has 1 saturated heterocycles. The van der Waals surface area contributed by atoms with Crippen molar-refractivity contribution >= 4 is 27.7 Å². The van der Waals surface area contributed by atoms with Crippen LogP contribution in [-0.4, -0.2) is 49.1 Å². The monoisotopic (exact) mass is 481 g/mol. The number of rotatable bonds is 6. The molecule has 0 N–H and O–H groups in total. The van der Waals surface area contributed by atoms with Crippen LogP contribution >= 0.6 is 15.9 Å². The highest BCUT2D eigenvalue weighted by Gasteiger charge is 2.24. The maximum atomic E-state index is 13.1. The highest BCUT2D eigenvalue weighted by molar-refractivity contribution is 9.10. The van der Waals surface area contributed by atoms with Crippen LogP contribution in [0.5, 0.6) is 11.5 Å². The van der Waals surface area contributed by atoms with Gasteiger partial charge in [0.1, 0.15) is 12.4 Å². The van der Waals surface area contributed by atoms with Gasteiger partial charge in [-0.2, -0.15) is 0 Å². The number of hydrogen-bond donors (Lipinski definition) is 0. The minimum absolute atomic E-state index is 0.0192. The van der Waals surface area contributed by atoms with Gasteiger partial charge in [-0.15, -0.1) is 0 Å². The molecule has 6 nitrogen and oxygen atoms in total. The summed E-state index contributed by atoms with van der Waals surface area (Å²) >= 11 is 3.55. The van der Waals surface area contributed by atoms with Gasteiger partial charge in [0.25, 0.3) is 5.91 Å². The minimum atomic E-state index is -0.0192. The Bertz CT molecular complexity index is 1020. The zero-order chi connectivity index (χ0) is 21.6. The molecule has 4 rings (SSSR count). The minimum Gasteiger partial charge on any atom is -0.493 e. The molecule has 0 radical (unpaired) electrons. The number of methoxy groups -OCH3 is 1. The summed E-state index contributed by atoms with van der Waals surface area (Å²) in [5, 5.41) is 0. The van der Waals surface area contributed by atoms with Gasteiger partial charge >= 0.3 is 0 Å². The van der Waals surface area contributed by atoms with Crippen molar-refractivity contribution in [2.24, 2.45) is 0 Å². The van der Waals surface area contributed by atoms with Crippen molar-refractivity contribution in [2.75, 3.05) is 38.2 Å². The molecule has 1 aromatic heterocycles. The van der Waals surface area contributed by atoms with Gasteiger partial charge in [-0.1, -0.05) is 36.4 Å². The lowest BCUT2D eigenvalue weighted by Gasteiger charge is -2.35. The van der Waals surface area contributed by atoms with Crippen LogP contribution in [0.4, 0.5) is 5.82 Å². The molecule has 1 fully saturated rings. The number of amides is 1. The van der Waals surface area contributed by atoms with E-state index >= 15 is 0 Å². The summed E-state index contributed by atoms with van der Waals surface area (Å²) in [7, 11) is 1.58. The fraction of sp³-hybridized carbons (Fsp3) is 0.250. The molecule has 7 heteroatoms. The lowest BCUT2D eigenvalue weighted by Crippen LogP contribution is -2.49. The van der Waals surface area contributed by atoms with E-state index in [1.54, 1.807) is 25.4 Å². The van der Waals surface area contributed by atoms with E-state index in [1.165, 1.54) is 0 Å². The van der Waals surface area contributed by atoms with Gasteiger partial charge in [-0.3, -0.25) is 4.79 Å². The number of benzene rings is 2. The molecule has 2 heterocycles. The molecule has 1 aliphatic heterocycles. The van der Waals surface area contributed by atoms with Crippen LogP contribution in [0.15, 0.2) is 71.3 Å². The SMILES string of the molecule is COc1cc(C(=O)N2CCN(c3ccccn3)CC2)cc(Br)c1OCc1ccccc1. The van der Waals surface area contributed by atoms with Gasteiger partial charge in [0.15, 0.2) is 11.5 Å². The molecule has 1 amide bonds. The van der Waals surface area contributed by atoms with Crippen LogP contribution in [0.3, 0.4) is 0 Å². The zero-order valence-electron chi connectivity index (χ0n) is 17.3. The molecule has 0 aliphatic carbocycles. The van der Waals surface area contributed by atoms with Gasteiger partial charge in [-0.25, -0.2) is 4.98 Å². The smallest absolute Gasteiger partial charge is 0.254 e. The molecule has 1 aliphatic rings. The van der Waals surface area contributed by atoms with Crippen molar-refractivity contribution in [2.45, 2.75) is 6.61 Å². The van der Waals surface area contributed by atoms with E-state index in [1.807, 2.05) is 53.4 Å². The number of piperazine rings is 1. The molecule has 0 saturated carbocycles. The number of aromatic nitrogens is 1. The van der Waals surface area contributed by atoms with Crippen LogP contribution in [0.2, 0.25) is 0 Å². The fourth-order valence-corrected chi connectivity index (χ4v) is 4.13. The van der Waals surface area contributed by atoms with Crippen LogP contribution in [0.1, 0.15) is 15.9 Å². The quantitative estimate of drug-likeness (QED) is 0.522. The van der Waals surface area contributed by atoms with E-state index in [0.29, 0.717) is 41.2 Å². The molecule has 2 aromatic carbocycles. The highest BCUT2D eigenvalue weighted by Crippen LogP contribution is 2.37. The molecular weight excluding hydrogens is 458 g/mol. The summed E-state index contributed by atoms with van der Waals surface area (Å²) in [5.41, 5.74) is 1.63. The Morgan fingerprint density at radius 3 is 2.45 bits per heavy atom. The van der Waals surface area contributed by atoms with E-state index in [0.717, 1.165) is 24.5 Å². The third kappa shape index (κ3) is 4.99. The van der Waals surface area contributed by atoms with Crippen molar-refractivity contribution in [1.82, 2.24) is 9.88 Å². The van der Waals surface area contributed by atoms with Crippen molar-refractivity contribution in [3.05, 3.63) is 82.5 Å². The molecule has 0 spiro atoms. The molecule has 0 bridgehead atoms. The lowest BCUT2D eigenvalue weighted by molar-refractivity contribution is 0.0746. The predicted octanol–water partition coefficient (Wildman–Crippen LogP) is 4.39. The standard InChI is InChI=1S/C24H24BrN3O3/c1-30-21-16-19(15-20(25)23(21)31-17-18-7-3-2-4-8-18)24(29)28-13-11-27(12-14-28)22-9-5-6-10-26-22/h2-10,15-16H,11-14,17H2,1H3. The fourth-order valence-electron chi connectivity index (χ4n) is 3.58. The maximum Gasteiger partial charge on any atom is 0.254 e. The summed E-state index contributed by atoms with van der Waals surface area (Å²) in [5.74, 6) is 2.04. The van der Waals surface area contributed by atoms with E-state index < -0.39 is 0 Å². The summed E-state index contributed by atoms with van der Waals surface area (Å²) < 4.78 is 12.2. The first-order valence-corrected chi connectivity index (χ1v) is 10.9. The number of anilines is 1. The average molecular weight is 482 g/mol. The van der Waals surface area contributed by atoms with Crippen LogP contribution in [-0.2, 0) is 6.61 Å². The summed E-state index contributed by atoms with van der Waals surface area (Å²) in [6.45, 7) is 3.19. The van der Waals surface area contributed by atoms with Crippen molar-refractivity contribution in [3.8, 4) is 11.5 Å². The van der Waals surface area contributed by atoms with Gasteiger partial charge in [-0.05, 0) is 45.8 Å². The highest BCUT2D eigenvalue weighted by atomic mass is 79.9. The van der Waals surface area contributed by atoms with Gasteiger partial charge in [0, 0.05) is 37.9 Å². The van der Waals surface area contributed by atoms with Gasteiger partial charge < -0.3 is 19.3 Å². The Morgan fingerprint density at radius 2 is 1.77 bits per heavy atom. The number of pyridine rings is 1. The molecule has 160 valence electrons. The Morgan fingerprint density at radius 1 is 1.03 bits per heavy atom. The second kappa shape index (κ2) is 9.83. The largest absolute Gasteiger partial charge is 0.493 e. The number of ether oxygens (including phenoxy) is 2. The first-order chi connectivity index (χ1) is 15.2. The summed E-state index contributed by atoms with van der Waals surface area (Å²) in [4.78, 5) is 21.6. The van der Waals surface area contributed by atoms with E-state index in [9.17, 15) is 4.79 Å². The van der Waals surface area contributed by atoms with Crippen LogP contribution in [0.25, 0.3) is 0 Å². The third-order valence-corrected chi connectivity index (χ3v) is 5.83. The number of carbonyl (C=O) groups is 1. The number of hydrogen-bond acceptors (Lipinski definition) is 5. The maximum absolute atomic E-state index is 13.1. The normalized spacial score (nSPS) is 13.7. The molecule has 31 heavy (non-hydrogen) atoms. The van der Waals surface area contributed by atoms with Gasteiger partial charge in [0.05, 0.1) is 11.6 Å². The molecule has 3 aromatic rings. The topological polar surface area (TPSA) is 54.9 Å². The predicted molar refractivity (Wildman–Crippen MR) is 124 cm³/mol. The molecule has 0 unspecified atom stereocenters.